The fraction of sp³-hybridized carbons (Fsp3) is 0.286. The molecule has 1 aromatic carbocycles. The van der Waals surface area contributed by atoms with Crippen LogP contribution in [0.25, 0.3) is 0 Å². The average Bonchev–Trinajstić information content (AvgIpc) is 3.36. The van der Waals surface area contributed by atoms with Gasteiger partial charge in [0.05, 0.1) is 18.3 Å². The molecule has 1 amide bonds. The van der Waals surface area contributed by atoms with Gasteiger partial charge in [0.1, 0.15) is 5.82 Å². The number of amides is 1. The van der Waals surface area contributed by atoms with Crippen molar-refractivity contribution in [2.24, 2.45) is 0 Å². The van der Waals surface area contributed by atoms with E-state index in [0.717, 1.165) is 30.8 Å². The lowest BCUT2D eigenvalue weighted by atomic mass is 10.1. The Morgan fingerprint density at radius 2 is 2.14 bits per heavy atom. The van der Waals surface area contributed by atoms with Crippen LogP contribution in [0.2, 0.25) is 0 Å². The summed E-state index contributed by atoms with van der Waals surface area (Å²) in [6.07, 6.45) is 4.11. The summed E-state index contributed by atoms with van der Waals surface area (Å²) >= 11 is 1.41. The number of nitrogens with zero attached hydrogens (tertiary/aromatic N) is 3. The second kappa shape index (κ2) is 8.58. The first-order valence-corrected chi connectivity index (χ1v) is 10.2. The van der Waals surface area contributed by atoms with Crippen molar-refractivity contribution in [1.29, 1.82) is 0 Å². The molecule has 144 valence electrons. The molecule has 5 nitrogen and oxygen atoms in total. The van der Waals surface area contributed by atoms with Crippen LogP contribution in [0.5, 0.6) is 0 Å². The molecule has 7 heteroatoms. The molecule has 0 unspecified atom stereocenters. The number of rotatable bonds is 6. The fourth-order valence-corrected chi connectivity index (χ4v) is 4.14. The highest BCUT2D eigenvalue weighted by atomic mass is 32.1. The number of nitrogens with one attached hydrogen (secondary N) is 1. The lowest BCUT2D eigenvalue weighted by molar-refractivity contribution is -0.117. The van der Waals surface area contributed by atoms with Gasteiger partial charge >= 0.3 is 0 Å². The smallest absolute Gasteiger partial charge is 0.240 e. The molecule has 3 aromatic rings. The van der Waals surface area contributed by atoms with E-state index < -0.39 is 0 Å². The van der Waals surface area contributed by atoms with Crippen LogP contribution >= 0.6 is 11.3 Å². The first kappa shape index (κ1) is 18.7. The van der Waals surface area contributed by atoms with Gasteiger partial charge in [0, 0.05) is 23.7 Å². The minimum atomic E-state index is -0.212. The van der Waals surface area contributed by atoms with E-state index in [4.69, 9.17) is 4.98 Å². The largest absolute Gasteiger partial charge is 0.301 e. The summed E-state index contributed by atoms with van der Waals surface area (Å²) in [5.41, 5.74) is 2.41. The maximum atomic E-state index is 14.0. The second-order valence-corrected chi connectivity index (χ2v) is 7.73. The Hall–Kier alpha value is -2.64. The summed E-state index contributed by atoms with van der Waals surface area (Å²) < 4.78 is 14.0. The Morgan fingerprint density at radius 3 is 2.96 bits per heavy atom. The molecule has 28 heavy (non-hydrogen) atoms. The monoisotopic (exact) mass is 396 g/mol. The van der Waals surface area contributed by atoms with Crippen LogP contribution in [0.15, 0.2) is 54.0 Å². The number of hydrogen-bond donors (Lipinski definition) is 1. The molecule has 1 N–H and O–H groups in total. The van der Waals surface area contributed by atoms with Crippen LogP contribution in [0, 0.1) is 5.82 Å². The fourth-order valence-electron chi connectivity index (χ4n) is 3.60. The van der Waals surface area contributed by atoms with E-state index in [1.165, 1.54) is 17.4 Å². The predicted molar refractivity (Wildman–Crippen MR) is 108 cm³/mol. The highest BCUT2D eigenvalue weighted by Crippen LogP contribution is 2.31. The van der Waals surface area contributed by atoms with Gasteiger partial charge in [0.2, 0.25) is 5.91 Å². The van der Waals surface area contributed by atoms with Gasteiger partial charge in [0.25, 0.3) is 0 Å². The molecular formula is C21H21FN4OS. The third kappa shape index (κ3) is 4.43. The first-order valence-electron chi connectivity index (χ1n) is 9.31. The molecule has 4 rings (SSSR count). The Bertz CT molecular complexity index is 947. The molecule has 1 saturated heterocycles. The highest BCUT2D eigenvalue weighted by molar-refractivity contribution is 7.13. The molecule has 0 bridgehead atoms. The van der Waals surface area contributed by atoms with E-state index in [0.29, 0.717) is 23.7 Å². The third-order valence-corrected chi connectivity index (χ3v) is 5.58. The van der Waals surface area contributed by atoms with Crippen LogP contribution in [-0.2, 0) is 11.2 Å². The van der Waals surface area contributed by atoms with Gasteiger partial charge in [0.15, 0.2) is 5.13 Å². The number of carbonyl (C=O) groups is 1. The van der Waals surface area contributed by atoms with E-state index in [1.807, 2.05) is 29.6 Å². The topological polar surface area (TPSA) is 58.1 Å². The number of carbonyl (C=O) groups excluding carboxylic acids is 1. The number of benzene rings is 1. The van der Waals surface area contributed by atoms with Crippen molar-refractivity contribution in [3.05, 3.63) is 76.8 Å². The molecule has 1 aliphatic heterocycles. The number of thiazole rings is 1. The molecule has 0 saturated carbocycles. The molecule has 1 aliphatic rings. The average molecular weight is 396 g/mol. The third-order valence-electron chi connectivity index (χ3n) is 4.89. The maximum absolute atomic E-state index is 14.0. The Labute approximate surface area is 167 Å². The van der Waals surface area contributed by atoms with Crippen LogP contribution in [0.3, 0.4) is 0 Å². The van der Waals surface area contributed by atoms with E-state index >= 15 is 0 Å². The quantitative estimate of drug-likeness (QED) is 0.683. The molecule has 1 fully saturated rings. The van der Waals surface area contributed by atoms with Crippen molar-refractivity contribution < 1.29 is 9.18 Å². The van der Waals surface area contributed by atoms with E-state index in [2.05, 4.69) is 15.2 Å². The Kier molecular flexibility index (Phi) is 5.73. The van der Waals surface area contributed by atoms with Gasteiger partial charge in [-0.05, 0) is 43.1 Å². The summed E-state index contributed by atoms with van der Waals surface area (Å²) in [5, 5.41) is 5.28. The predicted octanol–water partition coefficient (Wildman–Crippen LogP) is 4.04. The molecule has 2 aromatic heterocycles. The minimum absolute atomic E-state index is 0.0654. The molecule has 3 heterocycles. The van der Waals surface area contributed by atoms with Gasteiger partial charge in [-0.15, -0.1) is 11.3 Å². The Balaban J connectivity index is 1.45. The van der Waals surface area contributed by atoms with Crippen molar-refractivity contribution in [1.82, 2.24) is 14.9 Å². The van der Waals surface area contributed by atoms with Crippen molar-refractivity contribution >= 4 is 22.4 Å². The SMILES string of the molecule is O=C(CN1CCC[C@H]1c1cccc(Cc2ccccc2F)n1)Nc1nccs1. The minimum Gasteiger partial charge on any atom is -0.301 e. The van der Waals surface area contributed by atoms with Crippen molar-refractivity contribution in [3.63, 3.8) is 0 Å². The van der Waals surface area contributed by atoms with Crippen molar-refractivity contribution in [2.75, 3.05) is 18.4 Å². The Morgan fingerprint density at radius 1 is 1.25 bits per heavy atom. The second-order valence-electron chi connectivity index (χ2n) is 6.84. The first-order chi connectivity index (χ1) is 13.7. The van der Waals surface area contributed by atoms with Gasteiger partial charge in [-0.1, -0.05) is 24.3 Å². The summed E-state index contributed by atoms with van der Waals surface area (Å²) in [6, 6.07) is 12.8. The molecule has 0 spiro atoms. The van der Waals surface area contributed by atoms with Gasteiger partial charge in [-0.2, -0.15) is 0 Å². The van der Waals surface area contributed by atoms with Gasteiger partial charge in [-0.25, -0.2) is 9.37 Å². The number of pyridine rings is 1. The van der Waals surface area contributed by atoms with E-state index in [-0.39, 0.29) is 17.8 Å². The number of anilines is 1. The summed E-state index contributed by atoms with van der Waals surface area (Å²) in [5.74, 6) is -0.277. The molecule has 0 radical (unpaired) electrons. The van der Waals surface area contributed by atoms with E-state index in [9.17, 15) is 9.18 Å². The van der Waals surface area contributed by atoms with Crippen LogP contribution in [0.4, 0.5) is 9.52 Å². The van der Waals surface area contributed by atoms with Gasteiger partial charge < -0.3 is 5.32 Å². The van der Waals surface area contributed by atoms with Crippen LogP contribution in [-0.4, -0.2) is 33.9 Å². The summed E-state index contributed by atoms with van der Waals surface area (Å²) in [6.45, 7) is 1.17. The van der Waals surface area contributed by atoms with Crippen molar-refractivity contribution in [2.45, 2.75) is 25.3 Å². The summed E-state index contributed by atoms with van der Waals surface area (Å²) in [7, 11) is 0. The van der Waals surface area contributed by atoms with Crippen LogP contribution in [0.1, 0.15) is 35.8 Å². The number of halogens is 1. The lowest BCUT2D eigenvalue weighted by Gasteiger charge is -2.23. The zero-order chi connectivity index (χ0) is 19.3. The van der Waals surface area contributed by atoms with Crippen molar-refractivity contribution in [3.8, 4) is 0 Å². The number of hydrogen-bond acceptors (Lipinski definition) is 5. The molecule has 0 aliphatic carbocycles. The van der Waals surface area contributed by atoms with Gasteiger partial charge in [-0.3, -0.25) is 14.7 Å². The zero-order valence-electron chi connectivity index (χ0n) is 15.3. The maximum Gasteiger partial charge on any atom is 0.240 e. The zero-order valence-corrected chi connectivity index (χ0v) is 16.2. The number of likely N-dealkylation sites (tertiary alicyclic amines) is 1. The lowest BCUT2D eigenvalue weighted by Crippen LogP contribution is -2.33. The normalized spacial score (nSPS) is 17.0. The van der Waals surface area contributed by atoms with E-state index in [1.54, 1.807) is 18.3 Å². The van der Waals surface area contributed by atoms with Crippen LogP contribution < -0.4 is 5.32 Å². The highest BCUT2D eigenvalue weighted by Gasteiger charge is 2.28. The summed E-state index contributed by atoms with van der Waals surface area (Å²) in [4.78, 5) is 23.4. The number of aromatic nitrogens is 2. The molecular weight excluding hydrogens is 375 g/mol. The molecule has 1 atom stereocenters. The standard InChI is InChI=1S/C21H21FN4OS/c22-17-7-2-1-5-15(17)13-16-6-3-8-18(24-16)19-9-4-11-26(19)14-20(27)25-21-23-10-12-28-21/h1-3,5-8,10,12,19H,4,9,11,13-14H2,(H,23,25,27)/t19-/m0/s1.